The zero-order valence-electron chi connectivity index (χ0n) is 20.8. The van der Waals surface area contributed by atoms with E-state index in [-0.39, 0.29) is 12.8 Å². The number of aromatic nitrogens is 2. The molecule has 1 saturated carbocycles. The fraction of sp³-hybridized carbons (Fsp3) is 0.310. The first-order valence-corrected chi connectivity index (χ1v) is 12.8. The number of imidazole rings is 1. The molecular formula is C29H29N3O6. The van der Waals surface area contributed by atoms with E-state index in [1.165, 1.54) is 6.42 Å². The van der Waals surface area contributed by atoms with Crippen molar-refractivity contribution in [3.8, 4) is 11.4 Å². The molecule has 0 bridgehead atoms. The molecule has 1 amide bonds. The number of carboxylic acids is 2. The van der Waals surface area contributed by atoms with Crippen molar-refractivity contribution in [1.82, 2.24) is 14.9 Å². The van der Waals surface area contributed by atoms with E-state index in [9.17, 15) is 19.5 Å². The van der Waals surface area contributed by atoms with Gasteiger partial charge in [0.05, 0.1) is 29.3 Å². The van der Waals surface area contributed by atoms with Gasteiger partial charge in [0.25, 0.3) is 5.91 Å². The minimum absolute atomic E-state index is 0.0671. The summed E-state index contributed by atoms with van der Waals surface area (Å²) < 4.78 is 7.55. The van der Waals surface area contributed by atoms with Gasteiger partial charge < -0.3 is 24.5 Å². The maximum Gasteiger partial charge on any atom is 0.326 e. The molecule has 0 aliphatic heterocycles. The zero-order valence-corrected chi connectivity index (χ0v) is 20.8. The van der Waals surface area contributed by atoms with Crippen LogP contribution in [0.5, 0.6) is 0 Å². The predicted molar refractivity (Wildman–Crippen MR) is 140 cm³/mol. The third-order valence-electron chi connectivity index (χ3n) is 7.09. The van der Waals surface area contributed by atoms with E-state index in [0.29, 0.717) is 28.2 Å². The van der Waals surface area contributed by atoms with Crippen LogP contribution < -0.4 is 5.32 Å². The van der Waals surface area contributed by atoms with Gasteiger partial charge in [-0.3, -0.25) is 9.59 Å². The van der Waals surface area contributed by atoms with Crippen LogP contribution in [0.15, 0.2) is 65.5 Å². The lowest BCUT2D eigenvalue weighted by atomic mass is 9.95. The number of carboxylic acid groups (broad SMARTS) is 2. The molecule has 4 aromatic rings. The van der Waals surface area contributed by atoms with E-state index in [0.717, 1.165) is 42.6 Å². The standard InChI is InChI=1S/C29H29N3O6/c33-26(34)15-19-8-6-18(7-9-19)14-24(29(36)37)31-28(35)20-10-11-25-23(16-20)30-27(21-12-13-38-17-21)32(25)22-4-2-1-3-5-22/h6-13,16-17,22,24H,1-5,14-15H2,(H,31,35)(H,33,34)(H,36,37). The number of hydrogen-bond donors (Lipinski definition) is 3. The van der Waals surface area contributed by atoms with Crippen molar-refractivity contribution in [3.63, 3.8) is 0 Å². The predicted octanol–water partition coefficient (Wildman–Crippen LogP) is 4.85. The summed E-state index contributed by atoms with van der Waals surface area (Å²) in [6, 6.07) is 13.0. The van der Waals surface area contributed by atoms with Crippen LogP contribution in [0.25, 0.3) is 22.4 Å². The molecule has 2 aromatic heterocycles. The summed E-state index contributed by atoms with van der Waals surface area (Å²) in [6.07, 6.45) is 8.92. The third-order valence-corrected chi connectivity index (χ3v) is 7.09. The number of nitrogens with one attached hydrogen (secondary N) is 1. The van der Waals surface area contributed by atoms with Crippen LogP contribution in [-0.2, 0) is 22.4 Å². The molecule has 1 unspecified atom stereocenters. The average Bonchev–Trinajstić information content (AvgIpc) is 3.57. The van der Waals surface area contributed by atoms with Crippen LogP contribution in [0.3, 0.4) is 0 Å². The molecule has 1 aliphatic carbocycles. The number of furan rings is 1. The SMILES string of the molecule is O=C(O)Cc1ccc(CC(NC(=O)c2ccc3c(c2)nc(-c2ccoc2)n3C2CCCCC2)C(=O)O)cc1. The lowest BCUT2D eigenvalue weighted by Gasteiger charge is -2.25. The minimum Gasteiger partial charge on any atom is -0.481 e. The second-order valence-corrected chi connectivity index (χ2v) is 9.77. The summed E-state index contributed by atoms with van der Waals surface area (Å²) in [6.45, 7) is 0. The number of amides is 1. The molecule has 1 aliphatic rings. The first-order chi connectivity index (χ1) is 18.4. The Labute approximate surface area is 219 Å². The largest absolute Gasteiger partial charge is 0.481 e. The summed E-state index contributed by atoms with van der Waals surface area (Å²) in [5, 5.41) is 21.3. The van der Waals surface area contributed by atoms with E-state index in [1.807, 2.05) is 12.1 Å². The van der Waals surface area contributed by atoms with Crippen LogP contribution in [0.4, 0.5) is 0 Å². The number of benzene rings is 2. The van der Waals surface area contributed by atoms with Gasteiger partial charge in [0.15, 0.2) is 0 Å². The van der Waals surface area contributed by atoms with Crippen molar-refractivity contribution in [2.24, 2.45) is 0 Å². The molecule has 0 saturated heterocycles. The number of fused-ring (bicyclic) bond motifs is 1. The molecule has 0 radical (unpaired) electrons. The van der Waals surface area contributed by atoms with Gasteiger partial charge in [-0.1, -0.05) is 43.5 Å². The number of carbonyl (C=O) groups is 3. The fourth-order valence-corrected chi connectivity index (χ4v) is 5.19. The Bertz CT molecular complexity index is 1450. The normalized spacial score (nSPS) is 14.8. The molecule has 38 heavy (non-hydrogen) atoms. The molecule has 1 fully saturated rings. The van der Waals surface area contributed by atoms with E-state index >= 15 is 0 Å². The molecule has 0 spiro atoms. The number of hydrogen-bond acceptors (Lipinski definition) is 5. The Balaban J connectivity index is 1.38. The molecule has 9 heteroatoms. The van der Waals surface area contributed by atoms with Gasteiger partial charge in [-0.05, 0) is 48.2 Å². The monoisotopic (exact) mass is 515 g/mol. The molecule has 196 valence electrons. The van der Waals surface area contributed by atoms with Gasteiger partial charge in [0.1, 0.15) is 18.1 Å². The topological polar surface area (TPSA) is 135 Å². The number of nitrogens with zero attached hydrogens (tertiary/aromatic N) is 2. The van der Waals surface area contributed by atoms with Crippen molar-refractivity contribution in [2.45, 2.75) is 57.0 Å². The maximum atomic E-state index is 13.1. The third kappa shape index (κ3) is 5.46. The maximum absolute atomic E-state index is 13.1. The van der Waals surface area contributed by atoms with Gasteiger partial charge in [-0.25, -0.2) is 9.78 Å². The Kier molecular flexibility index (Phi) is 7.26. The lowest BCUT2D eigenvalue weighted by Crippen LogP contribution is -2.42. The summed E-state index contributed by atoms with van der Waals surface area (Å²) in [4.78, 5) is 40.8. The zero-order chi connectivity index (χ0) is 26.6. The molecule has 9 nitrogen and oxygen atoms in total. The molecule has 1 atom stereocenters. The van der Waals surface area contributed by atoms with E-state index in [2.05, 4.69) is 9.88 Å². The van der Waals surface area contributed by atoms with Gasteiger partial charge in [0.2, 0.25) is 0 Å². The Morgan fingerprint density at radius 1 is 1.00 bits per heavy atom. The van der Waals surface area contributed by atoms with E-state index in [4.69, 9.17) is 14.5 Å². The van der Waals surface area contributed by atoms with E-state index in [1.54, 1.807) is 48.9 Å². The summed E-state index contributed by atoms with van der Waals surface area (Å²) in [5.41, 5.74) is 4.10. The Morgan fingerprint density at radius 2 is 1.74 bits per heavy atom. The highest BCUT2D eigenvalue weighted by molar-refractivity contribution is 5.99. The molecule has 3 N–H and O–H groups in total. The first kappa shape index (κ1) is 25.3. The highest BCUT2D eigenvalue weighted by atomic mass is 16.4. The van der Waals surface area contributed by atoms with Crippen LogP contribution in [0.1, 0.15) is 59.6 Å². The smallest absolute Gasteiger partial charge is 0.326 e. The lowest BCUT2D eigenvalue weighted by molar-refractivity contribution is -0.139. The quantitative estimate of drug-likeness (QED) is 0.290. The van der Waals surface area contributed by atoms with Gasteiger partial charge in [0, 0.05) is 18.0 Å². The van der Waals surface area contributed by atoms with Crippen LogP contribution in [0.2, 0.25) is 0 Å². The minimum atomic E-state index is -1.15. The second-order valence-electron chi connectivity index (χ2n) is 9.77. The number of aliphatic carboxylic acids is 2. The molecule has 2 aromatic carbocycles. The van der Waals surface area contributed by atoms with Crippen LogP contribution >= 0.6 is 0 Å². The highest BCUT2D eigenvalue weighted by Crippen LogP contribution is 2.36. The summed E-state index contributed by atoms with van der Waals surface area (Å²) >= 11 is 0. The fourth-order valence-electron chi connectivity index (χ4n) is 5.19. The van der Waals surface area contributed by atoms with Crippen molar-refractivity contribution < 1.29 is 29.0 Å². The van der Waals surface area contributed by atoms with Crippen molar-refractivity contribution >= 4 is 28.9 Å². The molecular weight excluding hydrogens is 486 g/mol. The van der Waals surface area contributed by atoms with Crippen LogP contribution in [-0.4, -0.2) is 43.7 Å². The number of rotatable bonds is 9. The van der Waals surface area contributed by atoms with Crippen molar-refractivity contribution in [3.05, 3.63) is 77.7 Å². The molecule has 2 heterocycles. The summed E-state index contributed by atoms with van der Waals surface area (Å²) in [5.74, 6) is -1.80. The first-order valence-electron chi connectivity index (χ1n) is 12.8. The van der Waals surface area contributed by atoms with Crippen LogP contribution in [0, 0.1) is 0 Å². The van der Waals surface area contributed by atoms with Gasteiger partial charge in [-0.15, -0.1) is 0 Å². The van der Waals surface area contributed by atoms with E-state index < -0.39 is 23.9 Å². The Morgan fingerprint density at radius 3 is 2.39 bits per heavy atom. The van der Waals surface area contributed by atoms with Crippen molar-refractivity contribution in [1.29, 1.82) is 0 Å². The number of carbonyl (C=O) groups excluding carboxylic acids is 1. The van der Waals surface area contributed by atoms with Gasteiger partial charge in [-0.2, -0.15) is 0 Å². The second kappa shape index (κ2) is 10.9. The van der Waals surface area contributed by atoms with Crippen molar-refractivity contribution in [2.75, 3.05) is 0 Å². The highest BCUT2D eigenvalue weighted by Gasteiger charge is 2.25. The average molecular weight is 516 g/mol. The molecule has 5 rings (SSSR count). The van der Waals surface area contributed by atoms with Gasteiger partial charge >= 0.3 is 11.9 Å². The Hall–Kier alpha value is -4.40. The summed E-state index contributed by atoms with van der Waals surface area (Å²) in [7, 11) is 0.